The number of hydrogen-bond acceptors (Lipinski definition) is 3. The van der Waals surface area contributed by atoms with Gasteiger partial charge in [-0.1, -0.05) is 78.9 Å². The first kappa shape index (κ1) is 18.5. The van der Waals surface area contributed by atoms with Crippen molar-refractivity contribution >= 4 is 11.5 Å². The van der Waals surface area contributed by atoms with Gasteiger partial charge in [-0.05, 0) is 35.7 Å². The van der Waals surface area contributed by atoms with E-state index in [0.29, 0.717) is 17.9 Å². The summed E-state index contributed by atoms with van der Waals surface area (Å²) in [6, 6.07) is 24.9. The normalized spacial score (nSPS) is 10.3. The minimum Gasteiger partial charge on any atom is -0.489 e. The van der Waals surface area contributed by atoms with Crippen molar-refractivity contribution in [3.05, 3.63) is 108 Å². The molecule has 0 aliphatic heterocycles. The number of ether oxygens (including phenoxy) is 2. The molecule has 3 aromatic rings. The van der Waals surface area contributed by atoms with E-state index in [1.54, 1.807) is 6.07 Å². The number of carbonyl (C=O) groups excluding carboxylic acids is 1. The second-order valence-electron chi connectivity index (χ2n) is 6.32. The first-order chi connectivity index (χ1) is 13.1. The van der Waals surface area contributed by atoms with Gasteiger partial charge in [0.25, 0.3) is 0 Å². The quantitative estimate of drug-likeness (QED) is 0.512. The van der Waals surface area contributed by atoms with Crippen LogP contribution in [0.15, 0.2) is 85.4 Å². The molecule has 0 saturated heterocycles. The highest BCUT2D eigenvalue weighted by Gasteiger charge is 2.15. The van der Waals surface area contributed by atoms with E-state index in [9.17, 15) is 4.79 Å². The summed E-state index contributed by atoms with van der Waals surface area (Å²) < 4.78 is 11.3. The number of allylic oxidation sites excluding steroid dienone is 1. The number of hydrogen-bond donors (Lipinski definition) is 0. The predicted molar refractivity (Wildman–Crippen MR) is 107 cm³/mol. The van der Waals surface area contributed by atoms with E-state index in [-0.39, 0.29) is 12.6 Å². The van der Waals surface area contributed by atoms with Crippen LogP contribution in [0.25, 0.3) is 5.57 Å². The van der Waals surface area contributed by atoms with E-state index in [0.717, 1.165) is 22.3 Å². The maximum atomic E-state index is 12.7. The van der Waals surface area contributed by atoms with Crippen LogP contribution in [0.4, 0.5) is 0 Å². The van der Waals surface area contributed by atoms with Gasteiger partial charge in [0.15, 0.2) is 0 Å². The molecule has 3 nitrogen and oxygen atoms in total. The van der Waals surface area contributed by atoms with Gasteiger partial charge in [0, 0.05) is 0 Å². The average molecular weight is 358 g/mol. The largest absolute Gasteiger partial charge is 0.489 e. The summed E-state index contributed by atoms with van der Waals surface area (Å²) in [6.07, 6.45) is 0. The van der Waals surface area contributed by atoms with E-state index in [4.69, 9.17) is 9.47 Å². The number of carbonyl (C=O) groups is 1. The van der Waals surface area contributed by atoms with Crippen LogP contribution < -0.4 is 4.74 Å². The molecule has 0 unspecified atom stereocenters. The summed E-state index contributed by atoms with van der Waals surface area (Å²) in [5.41, 5.74) is 4.04. The van der Waals surface area contributed by atoms with E-state index in [2.05, 4.69) is 6.58 Å². The van der Waals surface area contributed by atoms with Crippen molar-refractivity contribution in [2.24, 2.45) is 0 Å². The Kier molecular flexibility index (Phi) is 6.06. The van der Waals surface area contributed by atoms with Crippen LogP contribution in [-0.4, -0.2) is 5.97 Å². The SMILES string of the molecule is C=C(C)c1ccc(OCc2ccccc2)cc1C(=O)OCc1ccccc1. The topological polar surface area (TPSA) is 35.5 Å². The van der Waals surface area contributed by atoms with Crippen LogP contribution in [0.1, 0.15) is 34.0 Å². The van der Waals surface area contributed by atoms with Crippen molar-refractivity contribution in [2.75, 3.05) is 0 Å². The minimum absolute atomic E-state index is 0.227. The molecule has 0 saturated carbocycles. The van der Waals surface area contributed by atoms with Crippen LogP contribution in [0, 0.1) is 0 Å². The Morgan fingerprint density at radius 3 is 2.00 bits per heavy atom. The van der Waals surface area contributed by atoms with E-state index in [1.807, 2.05) is 79.7 Å². The Morgan fingerprint density at radius 2 is 1.41 bits per heavy atom. The third kappa shape index (κ3) is 5.08. The highest BCUT2D eigenvalue weighted by atomic mass is 16.5. The van der Waals surface area contributed by atoms with Crippen molar-refractivity contribution in [3.8, 4) is 5.75 Å². The molecule has 0 aliphatic rings. The summed E-state index contributed by atoms with van der Waals surface area (Å²) >= 11 is 0. The summed E-state index contributed by atoms with van der Waals surface area (Å²) in [4.78, 5) is 12.7. The monoisotopic (exact) mass is 358 g/mol. The Hall–Kier alpha value is -3.33. The fourth-order valence-corrected chi connectivity index (χ4v) is 2.70. The molecule has 0 fully saturated rings. The van der Waals surface area contributed by atoms with Crippen LogP contribution in [0.3, 0.4) is 0 Å². The summed E-state index contributed by atoms with van der Waals surface area (Å²) in [5.74, 6) is 0.234. The fourth-order valence-electron chi connectivity index (χ4n) is 2.70. The molecular weight excluding hydrogens is 336 g/mol. The van der Waals surface area contributed by atoms with Gasteiger partial charge < -0.3 is 9.47 Å². The third-order valence-electron chi connectivity index (χ3n) is 4.13. The first-order valence-corrected chi connectivity index (χ1v) is 8.81. The van der Waals surface area contributed by atoms with Crippen LogP contribution in [0.5, 0.6) is 5.75 Å². The lowest BCUT2D eigenvalue weighted by Gasteiger charge is -2.13. The third-order valence-corrected chi connectivity index (χ3v) is 4.13. The molecule has 0 spiro atoms. The van der Waals surface area contributed by atoms with E-state index < -0.39 is 0 Å². The van der Waals surface area contributed by atoms with Gasteiger partial charge in [0.05, 0.1) is 5.56 Å². The first-order valence-electron chi connectivity index (χ1n) is 8.81. The molecular formula is C24H22O3. The lowest BCUT2D eigenvalue weighted by molar-refractivity contribution is 0.0472. The molecule has 3 aromatic carbocycles. The van der Waals surface area contributed by atoms with Gasteiger partial charge in [-0.3, -0.25) is 0 Å². The van der Waals surface area contributed by atoms with Crippen LogP contribution in [0.2, 0.25) is 0 Å². The summed E-state index contributed by atoms with van der Waals surface area (Å²) in [5, 5.41) is 0. The maximum absolute atomic E-state index is 12.7. The molecule has 0 bridgehead atoms. The number of rotatable bonds is 7. The van der Waals surface area contributed by atoms with Crippen LogP contribution in [-0.2, 0) is 18.0 Å². The molecule has 0 aliphatic carbocycles. The van der Waals surface area contributed by atoms with Crippen molar-refractivity contribution in [2.45, 2.75) is 20.1 Å². The number of benzene rings is 3. The van der Waals surface area contributed by atoms with Crippen LogP contribution >= 0.6 is 0 Å². The second kappa shape index (κ2) is 8.86. The van der Waals surface area contributed by atoms with Gasteiger partial charge >= 0.3 is 5.97 Å². The average Bonchev–Trinajstić information content (AvgIpc) is 2.71. The lowest BCUT2D eigenvalue weighted by Crippen LogP contribution is -2.08. The second-order valence-corrected chi connectivity index (χ2v) is 6.32. The van der Waals surface area contributed by atoms with Crippen molar-refractivity contribution < 1.29 is 14.3 Å². The Balaban J connectivity index is 1.74. The van der Waals surface area contributed by atoms with Gasteiger partial charge in [-0.2, -0.15) is 0 Å². The smallest absolute Gasteiger partial charge is 0.339 e. The summed E-state index contributed by atoms with van der Waals surface area (Å²) in [6.45, 7) is 6.49. The van der Waals surface area contributed by atoms with E-state index in [1.165, 1.54) is 0 Å². The van der Waals surface area contributed by atoms with Gasteiger partial charge in [0.2, 0.25) is 0 Å². The van der Waals surface area contributed by atoms with Crippen molar-refractivity contribution in [3.63, 3.8) is 0 Å². The molecule has 0 aromatic heterocycles. The molecule has 3 rings (SSSR count). The van der Waals surface area contributed by atoms with E-state index >= 15 is 0 Å². The molecule has 0 N–H and O–H groups in total. The lowest BCUT2D eigenvalue weighted by atomic mass is 10.0. The van der Waals surface area contributed by atoms with Crippen molar-refractivity contribution in [1.82, 2.24) is 0 Å². The zero-order chi connectivity index (χ0) is 19.1. The Labute approximate surface area is 159 Å². The predicted octanol–water partition coefficient (Wildman–Crippen LogP) is 5.66. The zero-order valence-corrected chi connectivity index (χ0v) is 15.4. The van der Waals surface area contributed by atoms with Crippen molar-refractivity contribution in [1.29, 1.82) is 0 Å². The highest BCUT2D eigenvalue weighted by molar-refractivity contribution is 5.95. The molecule has 3 heteroatoms. The molecule has 27 heavy (non-hydrogen) atoms. The molecule has 0 radical (unpaired) electrons. The zero-order valence-electron chi connectivity index (χ0n) is 15.4. The maximum Gasteiger partial charge on any atom is 0.339 e. The Bertz CT molecular complexity index is 915. The van der Waals surface area contributed by atoms with Gasteiger partial charge in [0.1, 0.15) is 19.0 Å². The highest BCUT2D eigenvalue weighted by Crippen LogP contribution is 2.25. The minimum atomic E-state index is -0.387. The Morgan fingerprint density at radius 1 is 0.815 bits per heavy atom. The summed E-state index contributed by atoms with van der Waals surface area (Å²) in [7, 11) is 0. The fraction of sp³-hybridized carbons (Fsp3) is 0.125. The molecule has 0 heterocycles. The molecule has 0 atom stereocenters. The molecule has 0 amide bonds. The molecule has 136 valence electrons. The number of esters is 1. The van der Waals surface area contributed by atoms with Gasteiger partial charge in [-0.15, -0.1) is 0 Å². The standard InChI is InChI=1S/C24H22O3/c1-18(2)22-14-13-21(26-16-19-9-5-3-6-10-19)15-23(22)24(25)27-17-20-11-7-4-8-12-20/h3-15H,1,16-17H2,2H3. The van der Waals surface area contributed by atoms with Gasteiger partial charge in [-0.25, -0.2) is 4.79 Å².